The molecule has 0 aliphatic carbocycles. The van der Waals surface area contributed by atoms with E-state index in [0.29, 0.717) is 19.7 Å². The number of carbonyl (C=O) groups is 1. The number of furan rings is 1. The summed E-state index contributed by atoms with van der Waals surface area (Å²) in [5, 5.41) is 1.77. The van der Waals surface area contributed by atoms with Crippen molar-refractivity contribution in [1.29, 1.82) is 0 Å². The molecule has 4 rings (SSSR count). The van der Waals surface area contributed by atoms with Gasteiger partial charge in [0.2, 0.25) is 14.9 Å². The van der Waals surface area contributed by atoms with E-state index in [1.54, 1.807) is 28.4 Å². The lowest BCUT2D eigenvalue weighted by Crippen LogP contribution is -2.36. The van der Waals surface area contributed by atoms with Crippen molar-refractivity contribution in [2.75, 3.05) is 13.2 Å². The van der Waals surface area contributed by atoms with Gasteiger partial charge in [-0.2, -0.15) is 0 Å². The third-order valence-corrected chi connectivity index (χ3v) is 8.08. The molecule has 1 aliphatic rings. The Morgan fingerprint density at radius 2 is 1.90 bits per heavy atom. The van der Waals surface area contributed by atoms with Crippen LogP contribution in [0.4, 0.5) is 0 Å². The molecule has 1 aliphatic heterocycles. The number of sulfone groups is 1. The van der Waals surface area contributed by atoms with Crippen LogP contribution >= 0.6 is 11.3 Å². The summed E-state index contributed by atoms with van der Waals surface area (Å²) < 4.78 is 37.1. The van der Waals surface area contributed by atoms with Crippen LogP contribution in [0.15, 0.2) is 62.2 Å². The molecule has 0 radical (unpaired) electrons. The quantitative estimate of drug-likeness (QED) is 0.516. The van der Waals surface area contributed by atoms with Crippen LogP contribution in [0.5, 0.6) is 0 Å². The Labute approximate surface area is 186 Å². The molecule has 1 aromatic carbocycles. The maximum Gasteiger partial charge on any atom is 0.290 e. The van der Waals surface area contributed by atoms with Gasteiger partial charge in [-0.1, -0.05) is 17.7 Å². The molecule has 3 heterocycles. The number of hydrogen-bond donors (Lipinski definition) is 0. The van der Waals surface area contributed by atoms with E-state index < -0.39 is 9.84 Å². The summed E-state index contributed by atoms with van der Waals surface area (Å²) >= 11 is 1.60. The zero-order valence-corrected chi connectivity index (χ0v) is 19.2. The zero-order valence-electron chi connectivity index (χ0n) is 17.5. The highest BCUT2D eigenvalue weighted by Gasteiger charge is 2.28. The number of rotatable bonds is 7. The SMILES string of the molecule is Cc1ccc(S(=O)(=O)c2ccc(C(=O)N(Cc3sccc3C)CC3CCCO3)o2)cc1. The first kappa shape index (κ1) is 21.8. The van der Waals surface area contributed by atoms with E-state index in [9.17, 15) is 13.2 Å². The average molecular weight is 460 g/mol. The highest BCUT2D eigenvalue weighted by molar-refractivity contribution is 7.91. The second kappa shape index (κ2) is 8.98. The van der Waals surface area contributed by atoms with Crippen LogP contribution < -0.4 is 0 Å². The van der Waals surface area contributed by atoms with Crippen LogP contribution in [-0.4, -0.2) is 38.5 Å². The number of hydrogen-bond acceptors (Lipinski definition) is 6. The molecule has 1 atom stereocenters. The van der Waals surface area contributed by atoms with Gasteiger partial charge in [-0.15, -0.1) is 11.3 Å². The van der Waals surface area contributed by atoms with E-state index in [2.05, 4.69) is 0 Å². The first-order valence-corrected chi connectivity index (χ1v) is 12.6. The number of benzene rings is 1. The van der Waals surface area contributed by atoms with E-state index in [1.807, 2.05) is 25.3 Å². The van der Waals surface area contributed by atoms with Crippen LogP contribution in [0, 0.1) is 13.8 Å². The Morgan fingerprint density at radius 3 is 2.55 bits per heavy atom. The van der Waals surface area contributed by atoms with Gasteiger partial charge in [0.1, 0.15) is 0 Å². The lowest BCUT2D eigenvalue weighted by atomic mass is 10.2. The molecule has 0 bridgehead atoms. The Balaban J connectivity index is 1.59. The number of ether oxygens (including phenoxy) is 1. The molecule has 8 heteroatoms. The molecule has 0 saturated carbocycles. The van der Waals surface area contributed by atoms with Crippen molar-refractivity contribution in [2.24, 2.45) is 0 Å². The fourth-order valence-corrected chi connectivity index (χ4v) is 5.66. The number of thiophene rings is 1. The standard InChI is InChI=1S/C23H25NO5S2/c1-16-5-7-19(8-6-16)31(26,27)22-10-9-20(29-22)23(25)24(14-18-4-3-12-28-18)15-21-17(2)11-13-30-21/h5-11,13,18H,3-4,12,14-15H2,1-2H3. The van der Waals surface area contributed by atoms with Crippen LogP contribution in [-0.2, 0) is 21.1 Å². The molecular formula is C23H25NO5S2. The van der Waals surface area contributed by atoms with Crippen molar-refractivity contribution in [3.8, 4) is 0 Å². The lowest BCUT2D eigenvalue weighted by molar-refractivity contribution is 0.0482. The highest BCUT2D eigenvalue weighted by atomic mass is 32.2. The first-order valence-electron chi connectivity index (χ1n) is 10.2. The zero-order chi connectivity index (χ0) is 22.0. The lowest BCUT2D eigenvalue weighted by Gasteiger charge is -2.24. The molecule has 1 amide bonds. The first-order chi connectivity index (χ1) is 14.8. The van der Waals surface area contributed by atoms with E-state index in [1.165, 1.54) is 24.3 Å². The Bertz CT molecular complexity index is 1150. The fraction of sp³-hybridized carbons (Fsp3) is 0.348. The third kappa shape index (κ3) is 4.76. The second-order valence-corrected chi connectivity index (χ2v) is 10.7. The molecular weight excluding hydrogens is 434 g/mol. The van der Waals surface area contributed by atoms with Crippen molar-refractivity contribution >= 4 is 27.1 Å². The summed E-state index contributed by atoms with van der Waals surface area (Å²) in [6, 6.07) is 11.4. The predicted molar refractivity (Wildman–Crippen MR) is 118 cm³/mol. The summed E-state index contributed by atoms with van der Waals surface area (Å²) in [6.07, 6.45) is 1.86. The highest BCUT2D eigenvalue weighted by Crippen LogP contribution is 2.26. The minimum Gasteiger partial charge on any atom is -0.439 e. The predicted octanol–water partition coefficient (Wildman–Crippen LogP) is 4.61. The molecule has 0 N–H and O–H groups in total. The van der Waals surface area contributed by atoms with Crippen molar-refractivity contribution in [1.82, 2.24) is 4.90 Å². The number of amides is 1. The topological polar surface area (TPSA) is 76.8 Å². The normalized spacial score (nSPS) is 16.5. The third-order valence-electron chi connectivity index (χ3n) is 5.43. The van der Waals surface area contributed by atoms with Crippen LogP contribution in [0.25, 0.3) is 0 Å². The van der Waals surface area contributed by atoms with Crippen LogP contribution in [0.3, 0.4) is 0 Å². The van der Waals surface area contributed by atoms with Gasteiger partial charge in [-0.25, -0.2) is 8.42 Å². The molecule has 6 nitrogen and oxygen atoms in total. The van der Waals surface area contributed by atoms with E-state index >= 15 is 0 Å². The summed E-state index contributed by atoms with van der Waals surface area (Å²) in [6.45, 7) is 5.47. The molecule has 31 heavy (non-hydrogen) atoms. The van der Waals surface area contributed by atoms with E-state index in [-0.39, 0.29) is 27.8 Å². The second-order valence-electron chi connectivity index (χ2n) is 7.78. The number of aryl methyl sites for hydroxylation is 2. The van der Waals surface area contributed by atoms with Gasteiger partial charge >= 0.3 is 0 Å². The van der Waals surface area contributed by atoms with Crippen LogP contribution in [0.2, 0.25) is 0 Å². The molecule has 164 valence electrons. The molecule has 1 unspecified atom stereocenters. The minimum atomic E-state index is -3.83. The van der Waals surface area contributed by atoms with Gasteiger partial charge in [-0.3, -0.25) is 4.79 Å². The maximum absolute atomic E-state index is 13.3. The Kier molecular flexibility index (Phi) is 6.31. The average Bonchev–Trinajstić information content (AvgIpc) is 3.50. The maximum atomic E-state index is 13.3. The van der Waals surface area contributed by atoms with Gasteiger partial charge in [0.15, 0.2) is 5.76 Å². The van der Waals surface area contributed by atoms with Gasteiger partial charge < -0.3 is 14.1 Å². The summed E-state index contributed by atoms with van der Waals surface area (Å²) in [7, 11) is -3.83. The molecule has 2 aromatic heterocycles. The smallest absolute Gasteiger partial charge is 0.290 e. The van der Waals surface area contributed by atoms with Gasteiger partial charge in [0, 0.05) is 18.0 Å². The monoisotopic (exact) mass is 459 g/mol. The van der Waals surface area contributed by atoms with Crippen LogP contribution in [0.1, 0.15) is 39.4 Å². The Hall–Kier alpha value is -2.42. The summed E-state index contributed by atoms with van der Waals surface area (Å²) in [5.41, 5.74) is 2.08. The molecule has 0 spiro atoms. The number of carbonyl (C=O) groups excluding carboxylic acids is 1. The summed E-state index contributed by atoms with van der Waals surface area (Å²) in [4.78, 5) is 16.2. The Morgan fingerprint density at radius 1 is 1.13 bits per heavy atom. The minimum absolute atomic E-state index is 0.0119. The van der Waals surface area contributed by atoms with Gasteiger partial charge in [-0.05, 0) is 68.0 Å². The van der Waals surface area contributed by atoms with Crippen molar-refractivity contribution in [2.45, 2.75) is 49.3 Å². The van der Waals surface area contributed by atoms with Gasteiger partial charge in [0.05, 0.1) is 17.5 Å². The largest absolute Gasteiger partial charge is 0.439 e. The van der Waals surface area contributed by atoms with Gasteiger partial charge in [0.25, 0.3) is 5.91 Å². The fourth-order valence-electron chi connectivity index (χ4n) is 3.56. The van der Waals surface area contributed by atoms with Crippen molar-refractivity contribution < 1.29 is 22.4 Å². The van der Waals surface area contributed by atoms with Crippen molar-refractivity contribution in [3.63, 3.8) is 0 Å². The number of nitrogens with zero attached hydrogens (tertiary/aromatic N) is 1. The summed E-state index contributed by atoms with van der Waals surface area (Å²) in [5.74, 6) is -0.327. The van der Waals surface area contributed by atoms with E-state index in [0.717, 1.165) is 28.8 Å². The molecule has 1 saturated heterocycles. The van der Waals surface area contributed by atoms with Crippen molar-refractivity contribution in [3.05, 3.63) is 69.6 Å². The molecule has 1 fully saturated rings. The van der Waals surface area contributed by atoms with E-state index in [4.69, 9.17) is 9.15 Å². The molecule has 3 aromatic rings.